The van der Waals surface area contributed by atoms with E-state index >= 15 is 0 Å². The maximum absolute atomic E-state index is 11.2. The van der Waals surface area contributed by atoms with E-state index in [0.717, 1.165) is 23.1 Å². The summed E-state index contributed by atoms with van der Waals surface area (Å²) in [5.74, 6) is 0.147. The molecule has 0 aromatic carbocycles. The topological polar surface area (TPSA) is 97.5 Å². The number of aromatic amines is 1. The number of hydrogen-bond donors (Lipinski definition) is 2. The van der Waals surface area contributed by atoms with Crippen LogP contribution in [0.25, 0.3) is 0 Å². The molecule has 2 aromatic rings. The molecule has 6 nitrogen and oxygen atoms in total. The number of aromatic nitrogens is 4. The Morgan fingerprint density at radius 1 is 1.28 bits per heavy atom. The van der Waals surface area contributed by atoms with E-state index < -0.39 is 0 Å². The van der Waals surface area contributed by atoms with E-state index in [0.29, 0.717) is 10.2 Å². The van der Waals surface area contributed by atoms with Crippen molar-refractivity contribution in [3.05, 3.63) is 33.0 Å². The Labute approximate surface area is 112 Å². The summed E-state index contributed by atoms with van der Waals surface area (Å²) in [6.07, 6.45) is 0. The van der Waals surface area contributed by atoms with Gasteiger partial charge in [0, 0.05) is 6.07 Å². The Balaban J connectivity index is 2.39. The van der Waals surface area contributed by atoms with E-state index in [9.17, 15) is 4.79 Å². The number of nitrogens with one attached hydrogen (secondary N) is 1. The minimum absolute atomic E-state index is 0.147. The Bertz CT molecular complexity index is 657. The maximum atomic E-state index is 11.2. The van der Waals surface area contributed by atoms with E-state index in [-0.39, 0.29) is 16.5 Å². The minimum Gasteiger partial charge on any atom is -0.383 e. The number of nitrogens with zero attached hydrogens (tertiary/aromatic N) is 3. The Kier molecular flexibility index (Phi) is 3.53. The van der Waals surface area contributed by atoms with E-state index in [4.69, 9.17) is 17.3 Å². The van der Waals surface area contributed by atoms with Gasteiger partial charge in [-0.05, 0) is 25.6 Å². The van der Waals surface area contributed by atoms with Crippen LogP contribution in [-0.2, 0) is 0 Å². The second kappa shape index (κ2) is 4.95. The normalized spacial score (nSPS) is 10.6. The molecule has 0 aliphatic carbocycles. The molecule has 18 heavy (non-hydrogen) atoms. The first-order valence-corrected chi connectivity index (χ1v) is 6.20. The summed E-state index contributed by atoms with van der Waals surface area (Å²) in [7, 11) is 0. The van der Waals surface area contributed by atoms with Gasteiger partial charge in [0.2, 0.25) is 0 Å². The third-order valence-electron chi connectivity index (χ3n) is 2.17. The smallest absolute Gasteiger partial charge is 0.253 e. The molecular weight excluding hydrogens is 274 g/mol. The molecule has 0 saturated carbocycles. The van der Waals surface area contributed by atoms with Crippen molar-refractivity contribution in [3.63, 3.8) is 0 Å². The third kappa shape index (κ3) is 2.80. The molecule has 0 radical (unpaired) electrons. The molecule has 0 amide bonds. The Morgan fingerprint density at radius 3 is 2.61 bits per heavy atom. The fraction of sp³-hybridized carbons (Fsp3) is 0.200. The summed E-state index contributed by atoms with van der Waals surface area (Å²) in [6, 6.07) is 1.21. The predicted molar refractivity (Wildman–Crippen MR) is 69.9 cm³/mol. The van der Waals surface area contributed by atoms with Crippen molar-refractivity contribution < 1.29 is 0 Å². The summed E-state index contributed by atoms with van der Waals surface area (Å²) in [5, 5.41) is 1.08. The molecule has 0 bridgehead atoms. The highest BCUT2D eigenvalue weighted by molar-refractivity contribution is 7.99. The van der Waals surface area contributed by atoms with Gasteiger partial charge >= 0.3 is 0 Å². The Hall–Kier alpha value is -1.60. The van der Waals surface area contributed by atoms with Gasteiger partial charge in [-0.3, -0.25) is 4.79 Å². The van der Waals surface area contributed by atoms with Gasteiger partial charge in [-0.1, -0.05) is 11.6 Å². The van der Waals surface area contributed by atoms with Gasteiger partial charge in [-0.25, -0.2) is 15.0 Å². The van der Waals surface area contributed by atoms with Crippen molar-refractivity contribution in [3.8, 4) is 0 Å². The number of aryl methyl sites for hydroxylation is 2. The fourth-order valence-electron chi connectivity index (χ4n) is 1.21. The largest absolute Gasteiger partial charge is 0.383 e. The molecular formula is C10H10ClN5OS. The van der Waals surface area contributed by atoms with Gasteiger partial charge < -0.3 is 10.7 Å². The number of rotatable bonds is 2. The predicted octanol–water partition coefficient (Wildman–Crippen LogP) is 1.56. The standard InChI is InChI=1S/C10H10ClN5OS/c1-4-5(2)14-9(8(11)13-4)18-10-15-6(12)3-7(17)16-10/h3H,1-2H3,(H3,12,15,16,17). The van der Waals surface area contributed by atoms with E-state index in [2.05, 4.69) is 19.9 Å². The summed E-state index contributed by atoms with van der Waals surface area (Å²) in [5.41, 5.74) is 6.70. The monoisotopic (exact) mass is 283 g/mol. The van der Waals surface area contributed by atoms with Gasteiger partial charge in [0.05, 0.1) is 11.4 Å². The lowest BCUT2D eigenvalue weighted by Gasteiger charge is -2.05. The first kappa shape index (κ1) is 12.8. The highest BCUT2D eigenvalue weighted by Gasteiger charge is 2.10. The SMILES string of the molecule is Cc1nc(Cl)c(Sc2nc(N)cc(=O)[nH]2)nc1C. The molecule has 0 atom stereocenters. The van der Waals surface area contributed by atoms with Crippen LogP contribution in [0.4, 0.5) is 5.82 Å². The van der Waals surface area contributed by atoms with Crippen LogP contribution in [0.1, 0.15) is 11.4 Å². The first-order valence-electron chi connectivity index (χ1n) is 5.01. The molecule has 8 heteroatoms. The van der Waals surface area contributed by atoms with Gasteiger partial charge in [-0.15, -0.1) is 0 Å². The van der Waals surface area contributed by atoms with Crippen LogP contribution in [-0.4, -0.2) is 19.9 Å². The molecule has 0 aliphatic rings. The van der Waals surface area contributed by atoms with Gasteiger partial charge in [0.15, 0.2) is 10.3 Å². The molecule has 0 spiro atoms. The second-order valence-electron chi connectivity index (χ2n) is 3.57. The lowest BCUT2D eigenvalue weighted by molar-refractivity contribution is 0.921. The number of anilines is 1. The molecule has 0 aliphatic heterocycles. The number of hydrogen-bond acceptors (Lipinski definition) is 6. The molecule has 0 unspecified atom stereocenters. The van der Waals surface area contributed by atoms with Crippen molar-refractivity contribution in [1.29, 1.82) is 0 Å². The van der Waals surface area contributed by atoms with Gasteiger partial charge in [-0.2, -0.15) is 0 Å². The molecule has 2 rings (SSSR count). The number of halogens is 1. The maximum Gasteiger partial charge on any atom is 0.253 e. The van der Waals surface area contributed by atoms with Crippen LogP contribution in [0.15, 0.2) is 21.0 Å². The van der Waals surface area contributed by atoms with Crippen LogP contribution in [0, 0.1) is 13.8 Å². The molecule has 0 fully saturated rings. The molecule has 3 N–H and O–H groups in total. The van der Waals surface area contributed by atoms with Gasteiger partial charge in [0.1, 0.15) is 10.8 Å². The van der Waals surface area contributed by atoms with Crippen LogP contribution < -0.4 is 11.3 Å². The average Bonchev–Trinajstić information content (AvgIpc) is 2.24. The van der Waals surface area contributed by atoms with Crippen LogP contribution >= 0.6 is 23.4 Å². The molecule has 2 aromatic heterocycles. The van der Waals surface area contributed by atoms with E-state index in [1.807, 2.05) is 13.8 Å². The third-order valence-corrected chi connectivity index (χ3v) is 3.41. The zero-order chi connectivity index (χ0) is 13.3. The minimum atomic E-state index is -0.321. The lowest BCUT2D eigenvalue weighted by Crippen LogP contribution is -2.09. The molecule has 0 saturated heterocycles. The molecule has 94 valence electrons. The highest BCUT2D eigenvalue weighted by atomic mass is 35.5. The number of H-pyrrole nitrogens is 1. The first-order chi connectivity index (χ1) is 8.45. The summed E-state index contributed by atoms with van der Waals surface area (Å²) in [6.45, 7) is 3.65. The van der Waals surface area contributed by atoms with Crippen molar-refractivity contribution in [2.24, 2.45) is 0 Å². The van der Waals surface area contributed by atoms with Gasteiger partial charge in [0.25, 0.3) is 5.56 Å². The van der Waals surface area contributed by atoms with Crippen LogP contribution in [0.2, 0.25) is 5.15 Å². The van der Waals surface area contributed by atoms with Crippen molar-refractivity contribution in [2.45, 2.75) is 24.0 Å². The zero-order valence-electron chi connectivity index (χ0n) is 9.69. The van der Waals surface area contributed by atoms with Crippen molar-refractivity contribution >= 4 is 29.2 Å². The summed E-state index contributed by atoms with van der Waals surface area (Å²) in [4.78, 5) is 26.2. The van der Waals surface area contributed by atoms with E-state index in [1.165, 1.54) is 6.07 Å². The van der Waals surface area contributed by atoms with Crippen LogP contribution in [0.3, 0.4) is 0 Å². The second-order valence-corrected chi connectivity index (χ2v) is 4.90. The average molecular weight is 284 g/mol. The van der Waals surface area contributed by atoms with Crippen LogP contribution in [0.5, 0.6) is 0 Å². The summed E-state index contributed by atoms with van der Waals surface area (Å²) < 4.78 is 0. The van der Waals surface area contributed by atoms with Crippen molar-refractivity contribution in [2.75, 3.05) is 5.73 Å². The lowest BCUT2D eigenvalue weighted by atomic mass is 10.4. The zero-order valence-corrected chi connectivity index (χ0v) is 11.3. The number of nitrogen functional groups attached to an aromatic ring is 1. The Morgan fingerprint density at radius 2 is 1.94 bits per heavy atom. The fourth-order valence-corrected chi connectivity index (χ4v) is 2.30. The highest BCUT2D eigenvalue weighted by Crippen LogP contribution is 2.28. The summed E-state index contributed by atoms with van der Waals surface area (Å²) >= 11 is 7.10. The quantitative estimate of drug-likeness (QED) is 0.812. The van der Waals surface area contributed by atoms with Crippen molar-refractivity contribution in [1.82, 2.24) is 19.9 Å². The van der Waals surface area contributed by atoms with E-state index in [1.54, 1.807) is 0 Å². The molecule has 2 heterocycles. The number of nitrogens with two attached hydrogens (primary N) is 1.